The van der Waals surface area contributed by atoms with Crippen molar-refractivity contribution in [1.82, 2.24) is 9.97 Å². The summed E-state index contributed by atoms with van der Waals surface area (Å²) >= 11 is 1.50. The van der Waals surface area contributed by atoms with Crippen LogP contribution in [0.15, 0.2) is 42.7 Å². The number of benzene rings is 1. The minimum Gasteiger partial charge on any atom is -0.302 e. The van der Waals surface area contributed by atoms with Crippen LogP contribution in [0.5, 0.6) is 0 Å². The van der Waals surface area contributed by atoms with E-state index in [1.165, 1.54) is 22.5 Å². The molecule has 0 saturated heterocycles. The number of thiazole rings is 1. The van der Waals surface area contributed by atoms with Crippen molar-refractivity contribution in [1.29, 1.82) is 0 Å². The molecule has 0 bridgehead atoms. The molecule has 1 aromatic carbocycles. The van der Waals surface area contributed by atoms with Crippen LogP contribution in [0.4, 0.5) is 5.13 Å². The van der Waals surface area contributed by atoms with E-state index < -0.39 is 0 Å². The molecule has 0 aliphatic heterocycles. The smallest absolute Gasteiger partial charge is 0.226 e. The zero-order valence-corrected chi connectivity index (χ0v) is 15.5. The summed E-state index contributed by atoms with van der Waals surface area (Å²) in [6, 6.07) is 10.3. The lowest BCUT2D eigenvalue weighted by Crippen LogP contribution is -2.10. The molecule has 0 atom stereocenters. The zero-order chi connectivity index (χ0) is 17.8. The second kappa shape index (κ2) is 7.57. The predicted molar refractivity (Wildman–Crippen MR) is 104 cm³/mol. The number of hydrogen-bond acceptors (Lipinski definition) is 4. The fourth-order valence-electron chi connectivity index (χ4n) is 2.79. The molecule has 3 aromatic rings. The second-order valence-electron chi connectivity index (χ2n) is 6.11. The maximum absolute atomic E-state index is 12.0. The highest BCUT2D eigenvalue weighted by Crippen LogP contribution is 2.39. The van der Waals surface area contributed by atoms with Crippen molar-refractivity contribution < 1.29 is 4.79 Å². The fraction of sp³-hybridized carbons (Fsp3) is 0.250. The maximum Gasteiger partial charge on any atom is 0.226 e. The van der Waals surface area contributed by atoms with E-state index in [0.29, 0.717) is 11.6 Å². The molecule has 0 saturated carbocycles. The Balaban J connectivity index is 2.08. The van der Waals surface area contributed by atoms with Gasteiger partial charge in [0.1, 0.15) is 0 Å². The molecule has 2 heterocycles. The Kier molecular flexibility index (Phi) is 5.24. The van der Waals surface area contributed by atoms with Gasteiger partial charge in [-0.15, -0.1) is 0 Å². The molecule has 4 nitrogen and oxygen atoms in total. The number of carbonyl (C=O) groups excluding carboxylic acids is 1. The second-order valence-corrected chi connectivity index (χ2v) is 7.11. The molecule has 25 heavy (non-hydrogen) atoms. The molecule has 0 aliphatic carbocycles. The van der Waals surface area contributed by atoms with Gasteiger partial charge < -0.3 is 5.32 Å². The number of pyridine rings is 1. The molecule has 0 radical (unpaired) electrons. The summed E-state index contributed by atoms with van der Waals surface area (Å²) in [5.74, 6) is 0.00417. The van der Waals surface area contributed by atoms with Gasteiger partial charge in [0.15, 0.2) is 5.13 Å². The Bertz CT molecular complexity index is 867. The van der Waals surface area contributed by atoms with Gasteiger partial charge in [0, 0.05) is 24.4 Å². The Morgan fingerprint density at radius 1 is 1.08 bits per heavy atom. The van der Waals surface area contributed by atoms with Gasteiger partial charge in [0.2, 0.25) is 5.91 Å². The van der Waals surface area contributed by atoms with Crippen LogP contribution in [0.2, 0.25) is 0 Å². The van der Waals surface area contributed by atoms with E-state index >= 15 is 0 Å². The lowest BCUT2D eigenvalue weighted by molar-refractivity contribution is -0.116. The lowest BCUT2D eigenvalue weighted by atomic mass is 10.0. The van der Waals surface area contributed by atoms with E-state index in [0.717, 1.165) is 28.1 Å². The number of aryl methyl sites for hydroxylation is 2. The maximum atomic E-state index is 12.0. The highest BCUT2D eigenvalue weighted by molar-refractivity contribution is 7.19. The van der Waals surface area contributed by atoms with Gasteiger partial charge in [-0.1, -0.05) is 35.5 Å². The molecule has 128 valence electrons. The standard InChI is InChI=1S/C20H21N3OS/c1-4-5-17(24)22-20-23-18(16-11-13(2)10-14(3)12-16)19(25-20)15-6-8-21-9-7-15/h6-12H,4-5H2,1-3H3,(H,22,23,24). The molecular formula is C20H21N3OS. The van der Waals surface area contributed by atoms with Crippen LogP contribution in [-0.2, 0) is 4.79 Å². The lowest BCUT2D eigenvalue weighted by Gasteiger charge is -2.05. The zero-order valence-electron chi connectivity index (χ0n) is 14.7. The molecule has 1 N–H and O–H groups in total. The molecule has 3 rings (SSSR count). The first-order chi connectivity index (χ1) is 12.1. The van der Waals surface area contributed by atoms with Crippen molar-refractivity contribution in [2.75, 3.05) is 5.32 Å². The molecule has 5 heteroatoms. The average Bonchev–Trinajstić information content (AvgIpc) is 2.99. The molecule has 0 unspecified atom stereocenters. The molecule has 1 amide bonds. The summed E-state index contributed by atoms with van der Waals surface area (Å²) in [6.45, 7) is 6.16. The number of nitrogens with one attached hydrogen (secondary N) is 1. The Morgan fingerprint density at radius 3 is 2.40 bits per heavy atom. The Hall–Kier alpha value is -2.53. The fourth-order valence-corrected chi connectivity index (χ4v) is 3.80. The Labute approximate surface area is 152 Å². The predicted octanol–water partition coefficient (Wildman–Crippen LogP) is 5.23. The van der Waals surface area contributed by atoms with E-state index in [9.17, 15) is 4.79 Å². The number of carbonyl (C=O) groups is 1. The van der Waals surface area contributed by atoms with Gasteiger partial charge >= 0.3 is 0 Å². The third-order valence-electron chi connectivity index (χ3n) is 3.79. The topological polar surface area (TPSA) is 54.9 Å². The molecule has 0 spiro atoms. The monoisotopic (exact) mass is 351 g/mol. The average molecular weight is 351 g/mol. The largest absolute Gasteiger partial charge is 0.302 e. The highest BCUT2D eigenvalue weighted by Gasteiger charge is 2.16. The van der Waals surface area contributed by atoms with Gasteiger partial charge in [0.05, 0.1) is 10.6 Å². The Morgan fingerprint density at radius 2 is 1.76 bits per heavy atom. The highest BCUT2D eigenvalue weighted by atomic mass is 32.1. The van der Waals surface area contributed by atoms with Gasteiger partial charge in [0.25, 0.3) is 0 Å². The van der Waals surface area contributed by atoms with Crippen molar-refractivity contribution in [3.05, 3.63) is 53.9 Å². The number of aromatic nitrogens is 2. The quantitative estimate of drug-likeness (QED) is 0.685. The summed E-state index contributed by atoms with van der Waals surface area (Å²) in [6.07, 6.45) is 4.87. The minimum absolute atomic E-state index is 0.00417. The number of hydrogen-bond donors (Lipinski definition) is 1. The summed E-state index contributed by atoms with van der Waals surface area (Å²) in [4.78, 5) is 21.8. The van der Waals surface area contributed by atoms with E-state index in [-0.39, 0.29) is 5.91 Å². The third-order valence-corrected chi connectivity index (χ3v) is 4.81. The summed E-state index contributed by atoms with van der Waals surface area (Å²) in [5.41, 5.74) is 5.41. The number of amides is 1. The SMILES string of the molecule is CCCC(=O)Nc1nc(-c2cc(C)cc(C)c2)c(-c2ccncc2)s1. The number of anilines is 1. The molecular weight excluding hydrogens is 330 g/mol. The molecule has 0 fully saturated rings. The van der Waals surface area contributed by atoms with Gasteiger partial charge in [-0.25, -0.2) is 4.98 Å². The van der Waals surface area contributed by atoms with Crippen molar-refractivity contribution >= 4 is 22.4 Å². The summed E-state index contributed by atoms with van der Waals surface area (Å²) < 4.78 is 0. The van der Waals surface area contributed by atoms with Crippen LogP contribution in [-0.4, -0.2) is 15.9 Å². The van der Waals surface area contributed by atoms with Crippen molar-refractivity contribution in [3.63, 3.8) is 0 Å². The number of rotatable bonds is 5. The van der Waals surface area contributed by atoms with Gasteiger partial charge in [-0.3, -0.25) is 9.78 Å². The first-order valence-electron chi connectivity index (χ1n) is 8.36. The molecule has 0 aliphatic rings. The summed E-state index contributed by atoms with van der Waals surface area (Å²) in [7, 11) is 0. The third kappa shape index (κ3) is 4.12. The van der Waals surface area contributed by atoms with Crippen LogP contribution in [0.3, 0.4) is 0 Å². The number of nitrogens with zero attached hydrogens (tertiary/aromatic N) is 2. The van der Waals surface area contributed by atoms with Crippen LogP contribution >= 0.6 is 11.3 Å². The molecule has 2 aromatic heterocycles. The first kappa shape index (κ1) is 17.3. The van der Waals surface area contributed by atoms with E-state index in [4.69, 9.17) is 4.98 Å². The summed E-state index contributed by atoms with van der Waals surface area (Å²) in [5, 5.41) is 3.56. The van der Waals surface area contributed by atoms with E-state index in [1.807, 2.05) is 19.1 Å². The van der Waals surface area contributed by atoms with Crippen molar-refractivity contribution in [3.8, 4) is 21.7 Å². The van der Waals surface area contributed by atoms with Crippen LogP contribution in [0.25, 0.3) is 21.7 Å². The van der Waals surface area contributed by atoms with E-state index in [1.54, 1.807) is 12.4 Å². The normalized spacial score (nSPS) is 10.7. The van der Waals surface area contributed by atoms with Crippen LogP contribution in [0, 0.1) is 13.8 Å². The van der Waals surface area contributed by atoms with Crippen molar-refractivity contribution in [2.45, 2.75) is 33.6 Å². The van der Waals surface area contributed by atoms with Crippen molar-refractivity contribution in [2.24, 2.45) is 0 Å². The minimum atomic E-state index is 0.00417. The van der Waals surface area contributed by atoms with Crippen LogP contribution in [0.1, 0.15) is 30.9 Å². The van der Waals surface area contributed by atoms with Gasteiger partial charge in [-0.05, 0) is 50.1 Å². The van der Waals surface area contributed by atoms with Gasteiger partial charge in [-0.2, -0.15) is 0 Å². The van der Waals surface area contributed by atoms with E-state index in [2.05, 4.69) is 42.3 Å². The van der Waals surface area contributed by atoms with Crippen LogP contribution < -0.4 is 5.32 Å². The first-order valence-corrected chi connectivity index (χ1v) is 9.18.